The summed E-state index contributed by atoms with van der Waals surface area (Å²) in [7, 11) is 1.58. The third-order valence-corrected chi connectivity index (χ3v) is 3.87. The van der Waals surface area contributed by atoms with Crippen LogP contribution in [0.3, 0.4) is 0 Å². The predicted molar refractivity (Wildman–Crippen MR) is 75.1 cm³/mol. The Hall–Kier alpha value is -1.46. The Morgan fingerprint density at radius 3 is 3.10 bits per heavy atom. The molecule has 1 amide bonds. The number of rotatable bonds is 5. The van der Waals surface area contributed by atoms with Crippen molar-refractivity contribution in [1.82, 2.24) is 10.3 Å². The van der Waals surface area contributed by atoms with Crippen LogP contribution in [0.25, 0.3) is 0 Å². The maximum absolute atomic E-state index is 12.1. The van der Waals surface area contributed by atoms with E-state index >= 15 is 0 Å². The van der Waals surface area contributed by atoms with E-state index in [-0.39, 0.29) is 17.9 Å². The highest BCUT2D eigenvalue weighted by Gasteiger charge is 2.32. The first kappa shape index (κ1) is 14.9. The number of aliphatic hydroxyl groups is 1. The van der Waals surface area contributed by atoms with Crippen LogP contribution < -0.4 is 5.32 Å². The van der Waals surface area contributed by atoms with Gasteiger partial charge in [0.15, 0.2) is 0 Å². The molecule has 2 N–H and O–H groups in total. The summed E-state index contributed by atoms with van der Waals surface area (Å²) >= 11 is 0. The quantitative estimate of drug-likeness (QED) is 0.840. The Morgan fingerprint density at radius 2 is 2.40 bits per heavy atom. The highest BCUT2D eigenvalue weighted by atomic mass is 16.5. The first-order valence-corrected chi connectivity index (χ1v) is 7.08. The summed E-state index contributed by atoms with van der Waals surface area (Å²) in [5.41, 5.74) is 1.11. The van der Waals surface area contributed by atoms with Gasteiger partial charge in [-0.15, -0.1) is 0 Å². The van der Waals surface area contributed by atoms with Crippen molar-refractivity contribution in [3.63, 3.8) is 0 Å². The molecule has 1 heterocycles. The van der Waals surface area contributed by atoms with E-state index in [4.69, 9.17) is 4.74 Å². The normalized spacial score (nSPS) is 26.2. The number of pyridine rings is 1. The standard InChI is InChI=1S/C15H22N2O3/c1-20-14-9-12(4-5-13(14)18)15(19)17-8-6-11-3-2-7-16-10-11/h2-3,7,10,12-14,18H,4-6,8-9H2,1H3,(H,17,19)/t12-,13+,14-/m1/s1. The SMILES string of the molecule is CO[C@@H]1C[C@H](C(=O)NCCc2cccnc2)CC[C@@H]1O. The molecule has 0 radical (unpaired) electrons. The van der Waals surface area contributed by atoms with Crippen LogP contribution in [0.1, 0.15) is 24.8 Å². The molecule has 2 rings (SSSR count). The molecule has 0 unspecified atom stereocenters. The highest BCUT2D eigenvalue weighted by Crippen LogP contribution is 2.26. The van der Waals surface area contributed by atoms with Crippen LogP contribution in [0, 0.1) is 5.92 Å². The summed E-state index contributed by atoms with van der Waals surface area (Å²) in [4.78, 5) is 16.1. The molecule has 1 saturated carbocycles. The van der Waals surface area contributed by atoms with Gasteiger partial charge < -0.3 is 15.2 Å². The molecule has 5 heteroatoms. The maximum Gasteiger partial charge on any atom is 0.223 e. The number of ether oxygens (including phenoxy) is 1. The largest absolute Gasteiger partial charge is 0.390 e. The van der Waals surface area contributed by atoms with Gasteiger partial charge in [-0.1, -0.05) is 6.07 Å². The Balaban J connectivity index is 1.75. The summed E-state index contributed by atoms with van der Waals surface area (Å²) in [5.74, 6) is 0.0000821. The van der Waals surface area contributed by atoms with Crippen molar-refractivity contribution in [2.24, 2.45) is 5.92 Å². The maximum atomic E-state index is 12.1. The van der Waals surface area contributed by atoms with Crippen molar-refractivity contribution in [1.29, 1.82) is 0 Å². The molecule has 20 heavy (non-hydrogen) atoms. The lowest BCUT2D eigenvalue weighted by atomic mass is 9.84. The molecule has 0 bridgehead atoms. The van der Waals surface area contributed by atoms with Gasteiger partial charge in [-0.05, 0) is 37.3 Å². The van der Waals surface area contributed by atoms with Gasteiger partial charge in [-0.2, -0.15) is 0 Å². The van der Waals surface area contributed by atoms with Crippen LogP contribution in [-0.4, -0.2) is 41.9 Å². The fourth-order valence-corrected chi connectivity index (χ4v) is 2.63. The van der Waals surface area contributed by atoms with Gasteiger partial charge in [0.1, 0.15) is 0 Å². The van der Waals surface area contributed by atoms with Crippen molar-refractivity contribution in [2.75, 3.05) is 13.7 Å². The van der Waals surface area contributed by atoms with E-state index in [1.807, 2.05) is 18.3 Å². The lowest BCUT2D eigenvalue weighted by molar-refractivity contribution is -0.130. The molecule has 5 nitrogen and oxygen atoms in total. The van der Waals surface area contributed by atoms with Gasteiger partial charge in [0.05, 0.1) is 12.2 Å². The van der Waals surface area contributed by atoms with Crippen LogP contribution >= 0.6 is 0 Å². The topological polar surface area (TPSA) is 71.5 Å². The second-order valence-corrected chi connectivity index (χ2v) is 5.25. The van der Waals surface area contributed by atoms with E-state index in [0.29, 0.717) is 19.4 Å². The van der Waals surface area contributed by atoms with Crippen molar-refractivity contribution in [2.45, 2.75) is 37.9 Å². The lowest BCUT2D eigenvalue weighted by Gasteiger charge is -2.31. The Kier molecular flexibility index (Phi) is 5.49. The van der Waals surface area contributed by atoms with Gasteiger partial charge in [0.25, 0.3) is 0 Å². The fourth-order valence-electron chi connectivity index (χ4n) is 2.63. The summed E-state index contributed by atoms with van der Waals surface area (Å²) in [6.45, 7) is 0.612. The number of methoxy groups -OCH3 is 1. The van der Waals surface area contributed by atoms with Crippen LogP contribution in [0.5, 0.6) is 0 Å². The highest BCUT2D eigenvalue weighted by molar-refractivity contribution is 5.78. The van der Waals surface area contributed by atoms with Crippen LogP contribution in [0.4, 0.5) is 0 Å². The van der Waals surface area contributed by atoms with Crippen LogP contribution in [-0.2, 0) is 16.0 Å². The van der Waals surface area contributed by atoms with Gasteiger partial charge >= 0.3 is 0 Å². The Labute approximate surface area is 119 Å². The number of nitrogens with one attached hydrogen (secondary N) is 1. The van der Waals surface area contributed by atoms with Crippen molar-refractivity contribution in [3.05, 3.63) is 30.1 Å². The van der Waals surface area contributed by atoms with Gasteiger partial charge in [-0.25, -0.2) is 0 Å². The number of aliphatic hydroxyl groups excluding tert-OH is 1. The molecule has 1 aromatic heterocycles. The monoisotopic (exact) mass is 278 g/mol. The van der Waals surface area contributed by atoms with E-state index in [0.717, 1.165) is 18.4 Å². The first-order valence-electron chi connectivity index (χ1n) is 7.08. The summed E-state index contributed by atoms with van der Waals surface area (Å²) < 4.78 is 5.22. The molecule has 3 atom stereocenters. The Bertz CT molecular complexity index is 424. The molecule has 1 aromatic rings. The van der Waals surface area contributed by atoms with Crippen molar-refractivity contribution >= 4 is 5.91 Å². The molecule has 1 aliphatic carbocycles. The predicted octanol–water partition coefficient (Wildman–Crippen LogP) is 0.916. The number of carbonyl (C=O) groups is 1. The zero-order valence-corrected chi connectivity index (χ0v) is 11.8. The molecule has 0 spiro atoms. The molecule has 0 saturated heterocycles. The van der Waals surface area contributed by atoms with Crippen molar-refractivity contribution in [3.8, 4) is 0 Å². The number of hydrogen-bond acceptors (Lipinski definition) is 4. The average molecular weight is 278 g/mol. The van der Waals surface area contributed by atoms with E-state index in [2.05, 4.69) is 10.3 Å². The minimum Gasteiger partial charge on any atom is -0.390 e. The van der Waals surface area contributed by atoms with E-state index < -0.39 is 6.10 Å². The smallest absolute Gasteiger partial charge is 0.223 e. The summed E-state index contributed by atoms with van der Waals surface area (Å²) in [6, 6.07) is 3.89. The molecular formula is C15H22N2O3. The number of nitrogens with zero attached hydrogens (tertiary/aromatic N) is 1. The van der Waals surface area contributed by atoms with Gasteiger partial charge in [0, 0.05) is 32.0 Å². The summed E-state index contributed by atoms with van der Waals surface area (Å²) in [6.07, 6.45) is 5.60. The number of aromatic nitrogens is 1. The van der Waals surface area contributed by atoms with Crippen LogP contribution in [0.15, 0.2) is 24.5 Å². The molecule has 1 fully saturated rings. The zero-order valence-electron chi connectivity index (χ0n) is 11.8. The van der Waals surface area contributed by atoms with Gasteiger partial charge in [-0.3, -0.25) is 9.78 Å². The fraction of sp³-hybridized carbons (Fsp3) is 0.600. The van der Waals surface area contributed by atoms with Crippen molar-refractivity contribution < 1.29 is 14.6 Å². The second kappa shape index (κ2) is 7.36. The van der Waals surface area contributed by atoms with Gasteiger partial charge in [0.2, 0.25) is 5.91 Å². The molecule has 1 aliphatic rings. The minimum absolute atomic E-state index is 0.0581. The van der Waals surface area contributed by atoms with Crippen LogP contribution in [0.2, 0.25) is 0 Å². The van der Waals surface area contributed by atoms with E-state index in [1.54, 1.807) is 13.3 Å². The number of hydrogen-bond donors (Lipinski definition) is 2. The number of amides is 1. The zero-order chi connectivity index (χ0) is 14.4. The van der Waals surface area contributed by atoms with E-state index in [1.165, 1.54) is 0 Å². The molecular weight excluding hydrogens is 256 g/mol. The second-order valence-electron chi connectivity index (χ2n) is 5.25. The summed E-state index contributed by atoms with van der Waals surface area (Å²) in [5, 5.41) is 12.7. The minimum atomic E-state index is -0.445. The average Bonchev–Trinajstić information content (AvgIpc) is 2.48. The Morgan fingerprint density at radius 1 is 1.55 bits per heavy atom. The third-order valence-electron chi connectivity index (χ3n) is 3.87. The number of carbonyl (C=O) groups excluding carboxylic acids is 1. The third kappa shape index (κ3) is 4.02. The first-order chi connectivity index (χ1) is 9.70. The molecule has 0 aliphatic heterocycles. The molecule has 0 aromatic carbocycles. The van der Waals surface area contributed by atoms with E-state index in [9.17, 15) is 9.90 Å². The molecule has 110 valence electrons. The lowest BCUT2D eigenvalue weighted by Crippen LogP contribution is -2.41.